The first-order chi connectivity index (χ1) is 13.6. The minimum Gasteiger partial charge on any atom is -0.463 e. The molecule has 0 aromatic heterocycles. The average molecular weight is 426 g/mol. The van der Waals surface area contributed by atoms with Gasteiger partial charge in [-0.2, -0.15) is 0 Å². The summed E-state index contributed by atoms with van der Waals surface area (Å²) in [6.45, 7) is 24.9. The van der Waals surface area contributed by atoms with Crippen LogP contribution in [0.3, 0.4) is 0 Å². The van der Waals surface area contributed by atoms with Crippen molar-refractivity contribution in [2.75, 3.05) is 13.2 Å². The Kier molecular flexibility index (Phi) is 10.3. The number of nitrogens with zero attached hydrogens (tertiary/aromatic N) is 1. The highest BCUT2D eigenvalue weighted by atomic mass is 16.7. The first kappa shape index (κ1) is 28.2. The molecule has 1 aliphatic rings. The van der Waals surface area contributed by atoms with Gasteiger partial charge in [0.05, 0.1) is 19.3 Å². The van der Waals surface area contributed by atoms with Crippen LogP contribution in [-0.2, 0) is 14.2 Å². The number of amides is 1. The summed E-state index contributed by atoms with van der Waals surface area (Å²) < 4.78 is 17.0. The zero-order chi connectivity index (χ0) is 23.9. The molecule has 30 heavy (non-hydrogen) atoms. The van der Waals surface area contributed by atoms with Gasteiger partial charge in [-0.3, -0.25) is 0 Å². The van der Waals surface area contributed by atoms with Crippen molar-refractivity contribution in [3.05, 3.63) is 35.6 Å². The van der Waals surface area contributed by atoms with Crippen molar-refractivity contribution in [1.82, 2.24) is 4.90 Å². The van der Waals surface area contributed by atoms with Gasteiger partial charge >= 0.3 is 6.09 Å². The van der Waals surface area contributed by atoms with Gasteiger partial charge in [0.15, 0.2) is 0 Å². The molecular weight excluding hydrogens is 382 g/mol. The topological polar surface area (TPSA) is 68.2 Å². The monoisotopic (exact) mass is 425 g/mol. The maximum atomic E-state index is 12.6. The Morgan fingerprint density at radius 1 is 1.27 bits per heavy atom. The van der Waals surface area contributed by atoms with E-state index in [2.05, 4.69) is 6.58 Å². The van der Waals surface area contributed by atoms with E-state index in [1.54, 1.807) is 11.0 Å². The quantitative estimate of drug-likeness (QED) is 0.623. The van der Waals surface area contributed by atoms with Crippen LogP contribution in [0.5, 0.6) is 0 Å². The minimum absolute atomic E-state index is 0.116. The van der Waals surface area contributed by atoms with Gasteiger partial charge in [-0.1, -0.05) is 26.5 Å². The number of hydrogen-bond acceptors (Lipinski definition) is 5. The molecule has 6 heteroatoms. The van der Waals surface area contributed by atoms with Crippen molar-refractivity contribution in [2.45, 2.75) is 99.2 Å². The van der Waals surface area contributed by atoms with Crippen LogP contribution in [0.2, 0.25) is 0 Å². The Morgan fingerprint density at radius 3 is 2.23 bits per heavy atom. The molecule has 0 fully saturated rings. The summed E-state index contributed by atoms with van der Waals surface area (Å²) in [4.78, 5) is 14.2. The highest BCUT2D eigenvalue weighted by Gasteiger charge is 2.33. The highest BCUT2D eigenvalue weighted by Crippen LogP contribution is 2.28. The van der Waals surface area contributed by atoms with E-state index < -0.39 is 29.1 Å². The predicted octanol–water partition coefficient (Wildman–Crippen LogP) is 5.58. The minimum atomic E-state index is -0.861. The second kappa shape index (κ2) is 11.0. The van der Waals surface area contributed by atoms with Crippen LogP contribution < -0.4 is 0 Å². The van der Waals surface area contributed by atoms with E-state index in [-0.39, 0.29) is 6.54 Å². The molecule has 6 nitrogen and oxygen atoms in total. The van der Waals surface area contributed by atoms with Gasteiger partial charge in [-0.05, 0) is 60.1 Å². The molecule has 1 N–H and O–H groups in total. The maximum Gasteiger partial charge on any atom is 0.410 e. The molecule has 1 heterocycles. The van der Waals surface area contributed by atoms with Crippen molar-refractivity contribution in [1.29, 1.82) is 0 Å². The van der Waals surface area contributed by atoms with Gasteiger partial charge in [0, 0.05) is 25.0 Å². The summed E-state index contributed by atoms with van der Waals surface area (Å²) in [6.07, 6.45) is 2.15. The van der Waals surface area contributed by atoms with Gasteiger partial charge in [0.1, 0.15) is 11.4 Å². The molecule has 1 atom stereocenters. The lowest BCUT2D eigenvalue weighted by molar-refractivity contribution is -0.195. The number of carbonyl (C=O) groups is 1. The number of rotatable bonds is 5. The number of β-amino-alcohol motifs (C(OH)–C–C–N with tert-alkyl or cyclic N) is 1. The van der Waals surface area contributed by atoms with Gasteiger partial charge in [-0.15, -0.1) is 0 Å². The molecule has 1 unspecified atom stereocenters. The molecule has 0 radical (unpaired) electrons. The Labute approximate surface area is 183 Å². The first-order valence-corrected chi connectivity index (χ1v) is 10.6. The fourth-order valence-corrected chi connectivity index (χ4v) is 2.60. The number of carbonyl (C=O) groups excluding carboxylic acids is 1. The predicted molar refractivity (Wildman–Crippen MR) is 122 cm³/mol. The van der Waals surface area contributed by atoms with E-state index in [9.17, 15) is 9.90 Å². The number of aliphatic hydroxyl groups is 1. The summed E-state index contributed by atoms with van der Waals surface area (Å²) in [5.41, 5.74) is 0.379. The zero-order valence-corrected chi connectivity index (χ0v) is 20.9. The summed E-state index contributed by atoms with van der Waals surface area (Å²) >= 11 is 0. The molecule has 0 bridgehead atoms. The second-order valence-electron chi connectivity index (χ2n) is 9.55. The van der Waals surface area contributed by atoms with Gasteiger partial charge in [-0.25, -0.2) is 4.79 Å². The molecule has 174 valence electrons. The summed E-state index contributed by atoms with van der Waals surface area (Å²) in [5.74, 6) is -0.0877. The van der Waals surface area contributed by atoms with Crippen molar-refractivity contribution < 1.29 is 24.1 Å². The Bertz CT molecular complexity index is 647. The summed E-state index contributed by atoms with van der Waals surface area (Å²) in [6, 6.07) is 0. The van der Waals surface area contributed by atoms with Crippen molar-refractivity contribution in [3.63, 3.8) is 0 Å². The lowest BCUT2D eigenvalue weighted by atomic mass is 10.0. The van der Waals surface area contributed by atoms with Crippen LogP contribution in [0, 0.1) is 0 Å². The Hall–Kier alpha value is -1.79. The Balaban J connectivity index is 0.00000407. The van der Waals surface area contributed by atoms with E-state index in [0.717, 1.165) is 5.57 Å². The molecule has 0 aromatic rings. The zero-order valence-electron chi connectivity index (χ0n) is 20.9. The van der Waals surface area contributed by atoms with Gasteiger partial charge in [0.2, 0.25) is 5.79 Å². The molecular formula is C24H43NO5. The molecule has 0 aliphatic carbocycles. The van der Waals surface area contributed by atoms with Crippen LogP contribution >= 0.6 is 0 Å². The number of aliphatic hydroxyl groups excluding tert-OH is 1. The molecule has 1 amide bonds. The van der Waals surface area contributed by atoms with E-state index in [1.807, 2.05) is 82.2 Å². The third-order valence-corrected chi connectivity index (χ3v) is 4.14. The highest BCUT2D eigenvalue weighted by molar-refractivity contribution is 5.69. The second-order valence-corrected chi connectivity index (χ2v) is 9.55. The fourth-order valence-electron chi connectivity index (χ4n) is 2.60. The largest absolute Gasteiger partial charge is 0.463 e. The van der Waals surface area contributed by atoms with E-state index in [4.69, 9.17) is 14.2 Å². The van der Waals surface area contributed by atoms with Crippen molar-refractivity contribution in [3.8, 4) is 0 Å². The smallest absolute Gasteiger partial charge is 0.410 e. The van der Waals surface area contributed by atoms with Crippen LogP contribution in [0.4, 0.5) is 4.79 Å². The van der Waals surface area contributed by atoms with Crippen LogP contribution in [0.25, 0.3) is 0 Å². The average Bonchev–Trinajstić information content (AvgIpc) is 2.59. The van der Waals surface area contributed by atoms with Gasteiger partial charge in [0.25, 0.3) is 0 Å². The van der Waals surface area contributed by atoms with Crippen molar-refractivity contribution in [2.24, 2.45) is 0 Å². The van der Waals surface area contributed by atoms with Gasteiger partial charge < -0.3 is 24.2 Å². The molecule has 0 saturated heterocycles. The number of allylic oxidation sites excluding steroid dienone is 1. The molecule has 0 aromatic carbocycles. The normalized spacial score (nSPS) is 17.9. The van der Waals surface area contributed by atoms with Crippen LogP contribution in [0.15, 0.2) is 35.6 Å². The standard InChI is InChI=1S/C22H37NO5.C2H6/c1-11-18-16(14-26-22(9,10)27-18)12-15(2)17(24)13-23(20(3,4)5)19(25)28-21(6,7)8;1-2/h11-12,17,24H,1,13-14H2,2-10H3;1-2H3/b15-12+;. The Morgan fingerprint density at radius 2 is 1.80 bits per heavy atom. The third-order valence-electron chi connectivity index (χ3n) is 4.14. The van der Waals surface area contributed by atoms with E-state index in [1.165, 1.54) is 0 Å². The van der Waals surface area contributed by atoms with E-state index in [0.29, 0.717) is 17.9 Å². The first-order valence-electron chi connectivity index (χ1n) is 10.6. The summed E-state index contributed by atoms with van der Waals surface area (Å²) in [5, 5.41) is 10.7. The fraction of sp³-hybridized carbons (Fsp3) is 0.708. The third kappa shape index (κ3) is 9.35. The van der Waals surface area contributed by atoms with E-state index >= 15 is 0 Å². The lowest BCUT2D eigenvalue weighted by Gasteiger charge is -2.38. The number of ether oxygens (including phenoxy) is 3. The molecule has 0 spiro atoms. The van der Waals surface area contributed by atoms with Crippen LogP contribution in [-0.4, -0.2) is 52.3 Å². The van der Waals surface area contributed by atoms with Crippen LogP contribution in [0.1, 0.15) is 76.2 Å². The molecule has 1 rings (SSSR count). The molecule has 0 saturated carbocycles. The SMILES string of the molecule is C=CC1=C(/C=C(\C)C(O)CN(C(=O)OC(C)(C)C)C(C)(C)C)COC(C)(C)O1.CC. The summed E-state index contributed by atoms with van der Waals surface area (Å²) in [7, 11) is 0. The molecule has 1 aliphatic heterocycles. The maximum absolute atomic E-state index is 12.6. The number of hydrogen-bond donors (Lipinski definition) is 1. The lowest BCUT2D eigenvalue weighted by Crippen LogP contribution is -2.51. The van der Waals surface area contributed by atoms with Crippen molar-refractivity contribution >= 4 is 6.09 Å².